The van der Waals surface area contributed by atoms with Crippen molar-refractivity contribution in [2.45, 2.75) is 31.2 Å². The third kappa shape index (κ3) is 5.52. The molecule has 0 bridgehead atoms. The van der Waals surface area contributed by atoms with Crippen LogP contribution in [0.3, 0.4) is 0 Å². The number of nitrogens with one attached hydrogen (secondary N) is 1. The second kappa shape index (κ2) is 9.50. The largest absolute Gasteiger partial charge is 0.480 e. The smallest absolute Gasteiger partial charge is 0.326 e. The van der Waals surface area contributed by atoms with Crippen LogP contribution in [0.1, 0.15) is 30.6 Å². The van der Waals surface area contributed by atoms with E-state index in [-0.39, 0.29) is 23.5 Å². The third-order valence-electron chi connectivity index (χ3n) is 3.65. The van der Waals surface area contributed by atoms with Gasteiger partial charge < -0.3 is 15.2 Å². The summed E-state index contributed by atoms with van der Waals surface area (Å²) in [6.07, 6.45) is 0.106. The molecule has 0 spiro atoms. The summed E-state index contributed by atoms with van der Waals surface area (Å²) in [7, 11) is -2.27. The van der Waals surface area contributed by atoms with Crippen LogP contribution in [0.15, 0.2) is 29.2 Å². The van der Waals surface area contributed by atoms with E-state index in [1.165, 1.54) is 35.7 Å². The van der Waals surface area contributed by atoms with Gasteiger partial charge in [0.25, 0.3) is 5.91 Å². The molecular formula is C16H24N2O6S. The number of hydrogen-bond acceptors (Lipinski definition) is 5. The monoisotopic (exact) mass is 372 g/mol. The maximum atomic E-state index is 12.5. The maximum absolute atomic E-state index is 12.5. The standard InChI is InChI=1S/C16H24N2O6S/c1-4-18(5-2)25(22,23)13-8-6-7-12(11-13)15(19)17-14(16(20)21)9-10-24-3/h6-8,11,14H,4-5,9-10H2,1-3H3,(H,17,19)(H,20,21). The fraction of sp³-hybridized carbons (Fsp3) is 0.500. The maximum Gasteiger partial charge on any atom is 0.326 e. The van der Waals surface area contributed by atoms with Crippen LogP contribution in [0.2, 0.25) is 0 Å². The molecule has 25 heavy (non-hydrogen) atoms. The van der Waals surface area contributed by atoms with Crippen LogP contribution in [-0.4, -0.2) is 62.6 Å². The predicted molar refractivity (Wildman–Crippen MR) is 91.9 cm³/mol. The zero-order valence-corrected chi connectivity index (χ0v) is 15.4. The number of ether oxygens (including phenoxy) is 1. The normalized spacial score (nSPS) is 12.8. The zero-order chi connectivity index (χ0) is 19.0. The van der Waals surface area contributed by atoms with Crippen molar-refractivity contribution in [3.05, 3.63) is 29.8 Å². The minimum absolute atomic E-state index is 0.00684. The molecule has 0 radical (unpaired) electrons. The molecule has 0 aromatic heterocycles. The van der Waals surface area contributed by atoms with Gasteiger partial charge in [0.1, 0.15) is 6.04 Å². The molecule has 2 N–H and O–H groups in total. The van der Waals surface area contributed by atoms with Crippen molar-refractivity contribution in [2.24, 2.45) is 0 Å². The Balaban J connectivity index is 3.04. The van der Waals surface area contributed by atoms with Gasteiger partial charge in [-0.25, -0.2) is 13.2 Å². The van der Waals surface area contributed by atoms with Gasteiger partial charge in [0.05, 0.1) is 4.90 Å². The van der Waals surface area contributed by atoms with E-state index < -0.39 is 27.9 Å². The SMILES string of the molecule is CCN(CC)S(=O)(=O)c1cccc(C(=O)NC(CCOC)C(=O)O)c1. The van der Waals surface area contributed by atoms with Crippen LogP contribution in [0.25, 0.3) is 0 Å². The molecule has 0 saturated heterocycles. The highest BCUT2D eigenvalue weighted by molar-refractivity contribution is 7.89. The number of benzene rings is 1. The highest BCUT2D eigenvalue weighted by atomic mass is 32.2. The number of nitrogens with zero attached hydrogens (tertiary/aromatic N) is 1. The lowest BCUT2D eigenvalue weighted by molar-refractivity contribution is -0.139. The minimum Gasteiger partial charge on any atom is -0.480 e. The van der Waals surface area contributed by atoms with E-state index in [0.717, 1.165) is 0 Å². The van der Waals surface area contributed by atoms with Crippen molar-refractivity contribution in [3.8, 4) is 0 Å². The minimum atomic E-state index is -3.70. The number of amides is 1. The Labute approximate surface area is 147 Å². The first-order chi connectivity index (χ1) is 11.8. The molecule has 8 nitrogen and oxygen atoms in total. The first-order valence-corrected chi connectivity index (χ1v) is 9.34. The molecule has 1 rings (SSSR count). The lowest BCUT2D eigenvalue weighted by Gasteiger charge is -2.19. The van der Waals surface area contributed by atoms with Crippen LogP contribution in [0.4, 0.5) is 0 Å². The third-order valence-corrected chi connectivity index (χ3v) is 5.70. The lowest BCUT2D eigenvalue weighted by Crippen LogP contribution is -2.41. The number of sulfonamides is 1. The Morgan fingerprint density at radius 2 is 1.92 bits per heavy atom. The number of hydrogen-bond donors (Lipinski definition) is 2. The van der Waals surface area contributed by atoms with Gasteiger partial charge in [0, 0.05) is 38.8 Å². The van der Waals surface area contributed by atoms with E-state index in [0.29, 0.717) is 13.1 Å². The molecule has 0 aliphatic rings. The van der Waals surface area contributed by atoms with Gasteiger partial charge in [-0.2, -0.15) is 4.31 Å². The number of carboxylic acids is 1. The van der Waals surface area contributed by atoms with Crippen molar-refractivity contribution in [3.63, 3.8) is 0 Å². The van der Waals surface area contributed by atoms with E-state index >= 15 is 0 Å². The number of carbonyl (C=O) groups excluding carboxylic acids is 1. The lowest BCUT2D eigenvalue weighted by atomic mass is 10.1. The Hall–Kier alpha value is -1.97. The second-order valence-electron chi connectivity index (χ2n) is 5.26. The Bertz CT molecular complexity index is 700. The zero-order valence-electron chi connectivity index (χ0n) is 14.6. The molecule has 1 unspecified atom stereocenters. The summed E-state index contributed by atoms with van der Waals surface area (Å²) < 4.78 is 31.2. The first kappa shape index (κ1) is 21.1. The number of aliphatic carboxylic acids is 1. The van der Waals surface area contributed by atoms with Crippen molar-refractivity contribution in [1.82, 2.24) is 9.62 Å². The van der Waals surface area contributed by atoms with Crippen molar-refractivity contribution >= 4 is 21.9 Å². The van der Waals surface area contributed by atoms with Crippen LogP contribution in [-0.2, 0) is 19.6 Å². The van der Waals surface area contributed by atoms with Gasteiger partial charge in [0.15, 0.2) is 0 Å². The molecule has 0 aliphatic carbocycles. The van der Waals surface area contributed by atoms with E-state index in [2.05, 4.69) is 5.32 Å². The van der Waals surface area contributed by atoms with E-state index in [4.69, 9.17) is 9.84 Å². The van der Waals surface area contributed by atoms with Gasteiger partial charge in [0.2, 0.25) is 10.0 Å². The number of rotatable bonds is 10. The quantitative estimate of drug-likeness (QED) is 0.632. The molecule has 1 aromatic carbocycles. The van der Waals surface area contributed by atoms with Gasteiger partial charge in [-0.15, -0.1) is 0 Å². The summed E-state index contributed by atoms with van der Waals surface area (Å²) in [6, 6.07) is 4.43. The van der Waals surface area contributed by atoms with E-state index in [9.17, 15) is 18.0 Å². The summed E-state index contributed by atoms with van der Waals surface area (Å²) in [6.45, 7) is 4.25. The summed E-state index contributed by atoms with van der Waals surface area (Å²) in [5.74, 6) is -1.84. The highest BCUT2D eigenvalue weighted by Crippen LogP contribution is 2.17. The fourth-order valence-electron chi connectivity index (χ4n) is 2.25. The molecule has 1 aromatic rings. The van der Waals surface area contributed by atoms with Crippen molar-refractivity contribution in [1.29, 1.82) is 0 Å². The highest BCUT2D eigenvalue weighted by Gasteiger charge is 2.24. The molecule has 9 heteroatoms. The fourth-order valence-corrected chi connectivity index (χ4v) is 3.75. The van der Waals surface area contributed by atoms with Crippen LogP contribution in [0, 0.1) is 0 Å². The Kier molecular flexibility index (Phi) is 8.01. The van der Waals surface area contributed by atoms with Gasteiger partial charge in [-0.05, 0) is 18.2 Å². The summed E-state index contributed by atoms with van der Waals surface area (Å²) >= 11 is 0. The van der Waals surface area contributed by atoms with Gasteiger partial charge >= 0.3 is 5.97 Å². The van der Waals surface area contributed by atoms with Crippen molar-refractivity contribution < 1.29 is 27.9 Å². The summed E-state index contributed by atoms with van der Waals surface area (Å²) in [5, 5.41) is 11.5. The Morgan fingerprint density at radius 3 is 2.44 bits per heavy atom. The van der Waals surface area contributed by atoms with E-state index in [1.807, 2.05) is 0 Å². The average Bonchev–Trinajstić information content (AvgIpc) is 2.59. The summed E-state index contributed by atoms with van der Waals surface area (Å²) in [5.41, 5.74) is 0.0805. The molecule has 0 fully saturated rings. The molecule has 0 saturated carbocycles. The molecule has 1 amide bonds. The summed E-state index contributed by atoms with van der Waals surface area (Å²) in [4.78, 5) is 23.5. The van der Waals surface area contributed by atoms with Crippen LogP contribution in [0.5, 0.6) is 0 Å². The van der Waals surface area contributed by atoms with Crippen LogP contribution < -0.4 is 5.32 Å². The second-order valence-corrected chi connectivity index (χ2v) is 7.20. The Morgan fingerprint density at radius 1 is 1.28 bits per heavy atom. The van der Waals surface area contributed by atoms with E-state index in [1.54, 1.807) is 13.8 Å². The van der Waals surface area contributed by atoms with Gasteiger partial charge in [-0.3, -0.25) is 4.79 Å². The predicted octanol–water partition coefficient (Wildman–Crippen LogP) is 0.937. The topological polar surface area (TPSA) is 113 Å². The first-order valence-electron chi connectivity index (χ1n) is 7.90. The van der Waals surface area contributed by atoms with Crippen LogP contribution >= 0.6 is 0 Å². The van der Waals surface area contributed by atoms with Crippen molar-refractivity contribution in [2.75, 3.05) is 26.8 Å². The average molecular weight is 372 g/mol. The molecule has 1 atom stereocenters. The number of methoxy groups -OCH3 is 1. The molecule has 140 valence electrons. The number of carbonyl (C=O) groups is 2. The molecule has 0 heterocycles. The molecular weight excluding hydrogens is 348 g/mol. The number of carboxylic acid groups (broad SMARTS) is 1. The van der Waals surface area contributed by atoms with Gasteiger partial charge in [-0.1, -0.05) is 19.9 Å². The molecule has 0 aliphatic heterocycles.